The number of hydrogen-bond donors (Lipinski definition) is 2. The standard InChI is InChI=1S/C14H12N4O3S/c1-8(13-16-9-4-2-3-5-10(9)17-13)15-14(19)11-6-7-12(22-11)18(20)21/h2-8H,1H3,(H,15,19)(H,16,17)/t8-/m1/s1. The van der Waals surface area contributed by atoms with Gasteiger partial charge in [-0.05, 0) is 25.1 Å². The van der Waals surface area contributed by atoms with Crippen LogP contribution in [-0.2, 0) is 0 Å². The molecular formula is C14H12N4O3S. The number of hydrogen-bond acceptors (Lipinski definition) is 5. The van der Waals surface area contributed by atoms with Crippen LogP contribution >= 0.6 is 11.3 Å². The number of carbonyl (C=O) groups excluding carboxylic acids is 1. The molecule has 0 fully saturated rings. The lowest BCUT2D eigenvalue weighted by Crippen LogP contribution is -2.26. The summed E-state index contributed by atoms with van der Waals surface area (Å²) in [6.45, 7) is 1.80. The molecule has 3 aromatic rings. The number of imidazole rings is 1. The highest BCUT2D eigenvalue weighted by atomic mass is 32.1. The molecule has 0 aliphatic rings. The molecule has 0 saturated carbocycles. The van der Waals surface area contributed by atoms with Crippen molar-refractivity contribution in [2.45, 2.75) is 13.0 Å². The Morgan fingerprint density at radius 3 is 2.82 bits per heavy atom. The van der Waals surface area contributed by atoms with Crippen molar-refractivity contribution in [3.8, 4) is 0 Å². The van der Waals surface area contributed by atoms with E-state index in [9.17, 15) is 14.9 Å². The van der Waals surface area contributed by atoms with Gasteiger partial charge in [0, 0.05) is 6.07 Å². The van der Waals surface area contributed by atoms with Gasteiger partial charge in [0.2, 0.25) is 0 Å². The molecule has 0 radical (unpaired) electrons. The molecule has 2 aromatic heterocycles. The van der Waals surface area contributed by atoms with Crippen molar-refractivity contribution in [1.82, 2.24) is 15.3 Å². The molecule has 7 nitrogen and oxygen atoms in total. The Labute approximate surface area is 129 Å². The summed E-state index contributed by atoms with van der Waals surface area (Å²) in [6.07, 6.45) is 0. The van der Waals surface area contributed by atoms with Gasteiger partial charge in [-0.15, -0.1) is 0 Å². The van der Waals surface area contributed by atoms with Gasteiger partial charge in [-0.25, -0.2) is 4.98 Å². The predicted molar refractivity (Wildman–Crippen MR) is 82.9 cm³/mol. The fourth-order valence-electron chi connectivity index (χ4n) is 2.06. The number of fused-ring (bicyclic) bond motifs is 1. The van der Waals surface area contributed by atoms with Crippen molar-refractivity contribution in [2.75, 3.05) is 0 Å². The van der Waals surface area contributed by atoms with Gasteiger partial charge in [-0.3, -0.25) is 14.9 Å². The third-order valence-electron chi connectivity index (χ3n) is 3.16. The second-order valence-electron chi connectivity index (χ2n) is 4.73. The fraction of sp³-hybridized carbons (Fsp3) is 0.143. The lowest BCUT2D eigenvalue weighted by molar-refractivity contribution is -0.380. The third-order valence-corrected chi connectivity index (χ3v) is 4.20. The van der Waals surface area contributed by atoms with Crippen LogP contribution in [0.25, 0.3) is 11.0 Å². The molecule has 112 valence electrons. The number of nitrogens with one attached hydrogen (secondary N) is 2. The number of thiophene rings is 1. The van der Waals surface area contributed by atoms with E-state index in [1.807, 2.05) is 24.3 Å². The van der Waals surface area contributed by atoms with E-state index in [1.165, 1.54) is 12.1 Å². The van der Waals surface area contributed by atoms with Gasteiger partial charge in [0.25, 0.3) is 5.91 Å². The summed E-state index contributed by atoms with van der Waals surface area (Å²) in [5.74, 6) is 0.284. The summed E-state index contributed by atoms with van der Waals surface area (Å²) in [5.41, 5.74) is 1.72. The van der Waals surface area contributed by atoms with Crippen molar-refractivity contribution < 1.29 is 9.72 Å². The Morgan fingerprint density at radius 2 is 2.14 bits per heavy atom. The van der Waals surface area contributed by atoms with Crippen molar-refractivity contribution in [3.63, 3.8) is 0 Å². The van der Waals surface area contributed by atoms with Gasteiger partial charge in [0.05, 0.1) is 26.9 Å². The molecule has 0 saturated heterocycles. The zero-order valence-corrected chi connectivity index (χ0v) is 12.4. The molecule has 1 aromatic carbocycles. The molecular weight excluding hydrogens is 304 g/mol. The van der Waals surface area contributed by atoms with Gasteiger partial charge in [0.1, 0.15) is 5.82 Å². The number of amides is 1. The normalized spacial score (nSPS) is 12.2. The lowest BCUT2D eigenvalue weighted by atomic mass is 10.3. The van der Waals surface area contributed by atoms with Crippen LogP contribution < -0.4 is 5.32 Å². The predicted octanol–water partition coefficient (Wildman–Crippen LogP) is 3.02. The molecule has 1 atom stereocenters. The molecule has 1 amide bonds. The molecule has 0 bridgehead atoms. The van der Waals surface area contributed by atoms with E-state index in [0.717, 1.165) is 22.4 Å². The first-order chi connectivity index (χ1) is 10.5. The van der Waals surface area contributed by atoms with Gasteiger partial charge in [-0.1, -0.05) is 23.5 Å². The quantitative estimate of drug-likeness (QED) is 0.570. The first kappa shape index (κ1) is 14.2. The Kier molecular flexibility index (Phi) is 3.60. The van der Waals surface area contributed by atoms with Crippen molar-refractivity contribution in [1.29, 1.82) is 0 Å². The summed E-state index contributed by atoms with van der Waals surface area (Å²) in [4.78, 5) is 30.1. The molecule has 0 aliphatic heterocycles. The number of aromatic amines is 1. The Bertz CT molecular complexity index is 822. The fourth-order valence-corrected chi connectivity index (χ4v) is 2.79. The van der Waals surface area contributed by atoms with Gasteiger partial charge < -0.3 is 10.3 Å². The topological polar surface area (TPSA) is 101 Å². The highest BCUT2D eigenvalue weighted by molar-refractivity contribution is 7.17. The van der Waals surface area contributed by atoms with Crippen LogP contribution in [0.4, 0.5) is 5.00 Å². The largest absolute Gasteiger partial charge is 0.342 e. The summed E-state index contributed by atoms with van der Waals surface area (Å²) < 4.78 is 0. The van der Waals surface area contributed by atoms with E-state index in [1.54, 1.807) is 6.92 Å². The zero-order valence-electron chi connectivity index (χ0n) is 11.6. The maximum atomic E-state index is 12.1. The highest BCUT2D eigenvalue weighted by Gasteiger charge is 2.18. The smallest absolute Gasteiger partial charge is 0.324 e. The second-order valence-corrected chi connectivity index (χ2v) is 5.79. The van der Waals surface area contributed by atoms with Gasteiger partial charge in [-0.2, -0.15) is 0 Å². The first-order valence-corrected chi connectivity index (χ1v) is 7.36. The molecule has 3 rings (SSSR count). The van der Waals surface area contributed by atoms with Gasteiger partial charge >= 0.3 is 5.00 Å². The third kappa shape index (κ3) is 2.68. The Hall–Kier alpha value is -2.74. The van der Waals surface area contributed by atoms with Gasteiger partial charge in [0.15, 0.2) is 0 Å². The van der Waals surface area contributed by atoms with Crippen LogP contribution in [-0.4, -0.2) is 20.8 Å². The minimum absolute atomic E-state index is 0.0541. The molecule has 22 heavy (non-hydrogen) atoms. The monoisotopic (exact) mass is 316 g/mol. The molecule has 0 unspecified atom stereocenters. The van der Waals surface area contributed by atoms with E-state index in [-0.39, 0.29) is 17.0 Å². The number of rotatable bonds is 4. The van der Waals surface area contributed by atoms with Crippen LogP contribution in [0.1, 0.15) is 28.5 Å². The molecule has 8 heteroatoms. The van der Waals surface area contributed by atoms with Crippen LogP contribution in [0.3, 0.4) is 0 Å². The number of nitro groups is 1. The van der Waals surface area contributed by atoms with E-state index < -0.39 is 4.92 Å². The highest BCUT2D eigenvalue weighted by Crippen LogP contribution is 2.24. The number of H-pyrrole nitrogens is 1. The lowest BCUT2D eigenvalue weighted by Gasteiger charge is -2.09. The summed E-state index contributed by atoms with van der Waals surface area (Å²) in [5, 5.41) is 13.4. The number of benzene rings is 1. The molecule has 2 heterocycles. The summed E-state index contributed by atoms with van der Waals surface area (Å²) in [6, 6.07) is 10.0. The number of carbonyl (C=O) groups is 1. The molecule has 0 spiro atoms. The zero-order chi connectivity index (χ0) is 15.7. The second kappa shape index (κ2) is 5.57. The van der Waals surface area contributed by atoms with E-state index in [0.29, 0.717) is 10.7 Å². The molecule has 0 aliphatic carbocycles. The van der Waals surface area contributed by atoms with Crippen LogP contribution in [0.5, 0.6) is 0 Å². The minimum atomic E-state index is -0.510. The van der Waals surface area contributed by atoms with Crippen molar-refractivity contribution in [3.05, 3.63) is 57.2 Å². The average Bonchev–Trinajstić information content (AvgIpc) is 3.14. The van der Waals surface area contributed by atoms with E-state index >= 15 is 0 Å². The maximum absolute atomic E-state index is 12.1. The Morgan fingerprint density at radius 1 is 1.36 bits per heavy atom. The van der Waals surface area contributed by atoms with Crippen LogP contribution in [0.15, 0.2) is 36.4 Å². The first-order valence-electron chi connectivity index (χ1n) is 6.54. The summed E-state index contributed by atoms with van der Waals surface area (Å²) >= 11 is 0.850. The maximum Gasteiger partial charge on any atom is 0.324 e. The van der Waals surface area contributed by atoms with Crippen LogP contribution in [0.2, 0.25) is 0 Å². The van der Waals surface area contributed by atoms with Crippen LogP contribution in [0, 0.1) is 10.1 Å². The summed E-state index contributed by atoms with van der Waals surface area (Å²) in [7, 11) is 0. The molecule has 2 N–H and O–H groups in total. The SMILES string of the molecule is C[C@@H](NC(=O)c1ccc([N+](=O)[O-])s1)c1nc2ccccc2[nH]1. The minimum Gasteiger partial charge on any atom is -0.342 e. The number of nitrogens with zero attached hydrogens (tertiary/aromatic N) is 2. The number of para-hydroxylation sites is 2. The van der Waals surface area contributed by atoms with E-state index in [2.05, 4.69) is 15.3 Å². The average molecular weight is 316 g/mol. The van der Waals surface area contributed by atoms with Crippen molar-refractivity contribution >= 4 is 33.3 Å². The number of aromatic nitrogens is 2. The van der Waals surface area contributed by atoms with E-state index in [4.69, 9.17) is 0 Å². The Balaban J connectivity index is 1.76. The van der Waals surface area contributed by atoms with Crippen molar-refractivity contribution in [2.24, 2.45) is 0 Å².